The van der Waals surface area contributed by atoms with Crippen LogP contribution in [-0.2, 0) is 6.42 Å². The molecule has 2 N–H and O–H groups in total. The van der Waals surface area contributed by atoms with E-state index in [-0.39, 0.29) is 5.82 Å². The Labute approximate surface area is 92.1 Å². The van der Waals surface area contributed by atoms with Gasteiger partial charge in [0.25, 0.3) is 0 Å². The van der Waals surface area contributed by atoms with Gasteiger partial charge in [0.2, 0.25) is 0 Å². The zero-order valence-corrected chi connectivity index (χ0v) is 9.11. The van der Waals surface area contributed by atoms with Gasteiger partial charge in [0, 0.05) is 11.8 Å². The summed E-state index contributed by atoms with van der Waals surface area (Å²) in [5, 5.41) is 3.98. The maximum atomic E-state index is 13.9. The standard InChI is InChI=1S/C10H12FN5/c1-3-7-8(11)10(14-5-13-7)16-4-6(2)9(12)15-16/h4-5H,3H2,1-2H3,(H2,12,15). The van der Waals surface area contributed by atoms with Crippen LogP contribution in [0, 0.1) is 12.7 Å². The summed E-state index contributed by atoms with van der Waals surface area (Å²) in [6, 6.07) is 0. The zero-order chi connectivity index (χ0) is 11.7. The molecule has 0 aliphatic heterocycles. The average molecular weight is 221 g/mol. The molecular weight excluding hydrogens is 209 g/mol. The van der Waals surface area contributed by atoms with E-state index < -0.39 is 5.82 Å². The first-order chi connectivity index (χ1) is 7.63. The highest BCUT2D eigenvalue weighted by Crippen LogP contribution is 2.15. The van der Waals surface area contributed by atoms with E-state index in [0.717, 1.165) is 5.56 Å². The van der Waals surface area contributed by atoms with E-state index in [2.05, 4.69) is 15.1 Å². The van der Waals surface area contributed by atoms with Gasteiger partial charge in [-0.2, -0.15) is 0 Å². The Balaban J connectivity index is 2.55. The third-order valence-corrected chi connectivity index (χ3v) is 2.33. The van der Waals surface area contributed by atoms with E-state index in [1.165, 1.54) is 11.0 Å². The van der Waals surface area contributed by atoms with Gasteiger partial charge in [0.15, 0.2) is 11.6 Å². The van der Waals surface area contributed by atoms with Gasteiger partial charge in [0.05, 0.1) is 5.69 Å². The summed E-state index contributed by atoms with van der Waals surface area (Å²) in [6.07, 6.45) is 3.47. The molecule has 0 bridgehead atoms. The molecule has 0 saturated heterocycles. The van der Waals surface area contributed by atoms with Gasteiger partial charge in [-0.1, -0.05) is 6.92 Å². The van der Waals surface area contributed by atoms with Crippen molar-refractivity contribution < 1.29 is 4.39 Å². The molecule has 0 aliphatic rings. The summed E-state index contributed by atoms with van der Waals surface area (Å²) in [6.45, 7) is 3.64. The monoisotopic (exact) mass is 221 g/mol. The lowest BCUT2D eigenvalue weighted by molar-refractivity contribution is 0.574. The molecule has 16 heavy (non-hydrogen) atoms. The van der Waals surface area contributed by atoms with E-state index in [9.17, 15) is 4.39 Å². The molecule has 2 rings (SSSR count). The van der Waals surface area contributed by atoms with E-state index >= 15 is 0 Å². The Morgan fingerprint density at radius 3 is 2.75 bits per heavy atom. The fourth-order valence-electron chi connectivity index (χ4n) is 1.38. The minimum absolute atomic E-state index is 0.131. The quantitative estimate of drug-likeness (QED) is 0.828. The van der Waals surface area contributed by atoms with Crippen LogP contribution in [-0.4, -0.2) is 19.7 Å². The van der Waals surface area contributed by atoms with Crippen molar-refractivity contribution in [3.63, 3.8) is 0 Å². The molecule has 0 radical (unpaired) electrons. The van der Waals surface area contributed by atoms with Crippen LogP contribution < -0.4 is 5.73 Å². The number of aryl methyl sites for hydroxylation is 2. The predicted molar refractivity (Wildman–Crippen MR) is 57.6 cm³/mol. The second-order valence-corrected chi connectivity index (χ2v) is 3.45. The molecule has 0 unspecified atom stereocenters. The van der Waals surface area contributed by atoms with Crippen molar-refractivity contribution in [2.45, 2.75) is 20.3 Å². The Bertz CT molecular complexity index is 500. The summed E-state index contributed by atoms with van der Waals surface area (Å²) >= 11 is 0. The van der Waals surface area contributed by atoms with Crippen molar-refractivity contribution in [2.75, 3.05) is 5.73 Å². The first-order valence-electron chi connectivity index (χ1n) is 4.95. The normalized spacial score (nSPS) is 10.7. The summed E-state index contributed by atoms with van der Waals surface area (Å²) in [4.78, 5) is 7.72. The van der Waals surface area contributed by atoms with Crippen molar-refractivity contribution in [2.24, 2.45) is 0 Å². The molecule has 0 atom stereocenters. The molecule has 2 aromatic heterocycles. The highest BCUT2D eigenvalue weighted by Gasteiger charge is 2.13. The molecule has 84 valence electrons. The SMILES string of the molecule is CCc1ncnc(-n2cc(C)c(N)n2)c1F. The third kappa shape index (κ3) is 1.62. The lowest BCUT2D eigenvalue weighted by Gasteiger charge is -2.04. The maximum Gasteiger partial charge on any atom is 0.193 e. The lowest BCUT2D eigenvalue weighted by atomic mass is 10.3. The lowest BCUT2D eigenvalue weighted by Crippen LogP contribution is -2.06. The van der Waals surface area contributed by atoms with E-state index in [4.69, 9.17) is 5.73 Å². The number of nitrogens with zero attached hydrogens (tertiary/aromatic N) is 4. The summed E-state index contributed by atoms with van der Waals surface area (Å²) in [5.41, 5.74) is 6.76. The molecule has 0 aromatic carbocycles. The van der Waals surface area contributed by atoms with Crippen LogP contribution in [0.2, 0.25) is 0 Å². The van der Waals surface area contributed by atoms with E-state index in [0.29, 0.717) is 17.9 Å². The first kappa shape index (κ1) is 10.5. The number of rotatable bonds is 2. The van der Waals surface area contributed by atoms with Gasteiger partial charge in [-0.15, -0.1) is 5.10 Å². The molecular formula is C10H12FN5. The summed E-state index contributed by atoms with van der Waals surface area (Å²) in [5.74, 6) is 0.0511. The van der Waals surface area contributed by atoms with E-state index in [1.54, 1.807) is 13.1 Å². The second-order valence-electron chi connectivity index (χ2n) is 3.45. The molecule has 5 nitrogen and oxygen atoms in total. The fourth-order valence-corrected chi connectivity index (χ4v) is 1.38. The topological polar surface area (TPSA) is 69.6 Å². The number of halogens is 1. The number of hydrogen-bond donors (Lipinski definition) is 1. The molecule has 0 saturated carbocycles. The van der Waals surface area contributed by atoms with Gasteiger partial charge in [-0.05, 0) is 13.3 Å². The Hall–Kier alpha value is -1.98. The van der Waals surface area contributed by atoms with Gasteiger partial charge < -0.3 is 5.73 Å². The predicted octanol–water partition coefficient (Wildman–Crippen LogP) is 1.25. The van der Waals surface area contributed by atoms with Gasteiger partial charge >= 0.3 is 0 Å². The van der Waals surface area contributed by atoms with Gasteiger partial charge in [-0.25, -0.2) is 19.0 Å². The third-order valence-electron chi connectivity index (χ3n) is 2.33. The maximum absolute atomic E-state index is 13.9. The number of anilines is 1. The summed E-state index contributed by atoms with van der Waals surface area (Å²) in [7, 11) is 0. The van der Waals surface area contributed by atoms with Gasteiger partial charge in [-0.3, -0.25) is 0 Å². The molecule has 6 heteroatoms. The first-order valence-corrected chi connectivity index (χ1v) is 4.95. The highest BCUT2D eigenvalue weighted by atomic mass is 19.1. The van der Waals surface area contributed by atoms with Crippen LogP contribution in [0.3, 0.4) is 0 Å². The molecule has 0 aliphatic carbocycles. The number of nitrogens with two attached hydrogens (primary N) is 1. The molecule has 2 heterocycles. The minimum Gasteiger partial charge on any atom is -0.382 e. The Morgan fingerprint density at radius 1 is 1.44 bits per heavy atom. The molecule has 0 fully saturated rings. The largest absolute Gasteiger partial charge is 0.382 e. The molecule has 2 aromatic rings. The molecule has 0 spiro atoms. The molecule has 0 amide bonds. The number of aromatic nitrogens is 4. The van der Waals surface area contributed by atoms with E-state index in [1.807, 2.05) is 6.92 Å². The van der Waals surface area contributed by atoms with Crippen LogP contribution in [0.4, 0.5) is 10.2 Å². The Kier molecular flexibility index (Phi) is 2.55. The van der Waals surface area contributed by atoms with Crippen molar-refractivity contribution in [3.05, 3.63) is 29.6 Å². The smallest absolute Gasteiger partial charge is 0.193 e. The summed E-state index contributed by atoms with van der Waals surface area (Å²) < 4.78 is 15.2. The van der Waals surface area contributed by atoms with Crippen LogP contribution in [0.1, 0.15) is 18.2 Å². The highest BCUT2D eigenvalue weighted by molar-refractivity contribution is 5.39. The zero-order valence-electron chi connectivity index (χ0n) is 9.11. The van der Waals surface area contributed by atoms with Crippen molar-refractivity contribution in [1.29, 1.82) is 0 Å². The fraction of sp³-hybridized carbons (Fsp3) is 0.300. The average Bonchev–Trinajstić information content (AvgIpc) is 2.59. The van der Waals surface area contributed by atoms with Crippen molar-refractivity contribution in [1.82, 2.24) is 19.7 Å². The Morgan fingerprint density at radius 2 is 2.19 bits per heavy atom. The van der Waals surface area contributed by atoms with Crippen LogP contribution in [0.25, 0.3) is 5.82 Å². The number of nitrogen functional groups attached to an aromatic ring is 1. The van der Waals surface area contributed by atoms with Gasteiger partial charge in [0.1, 0.15) is 12.1 Å². The van der Waals surface area contributed by atoms with Crippen LogP contribution >= 0.6 is 0 Å². The van der Waals surface area contributed by atoms with Crippen LogP contribution in [0.15, 0.2) is 12.5 Å². The minimum atomic E-state index is -0.451. The number of hydrogen-bond acceptors (Lipinski definition) is 4. The van der Waals surface area contributed by atoms with Crippen molar-refractivity contribution in [3.8, 4) is 5.82 Å². The van der Waals surface area contributed by atoms with Crippen LogP contribution in [0.5, 0.6) is 0 Å². The second kappa shape index (κ2) is 3.88. The van der Waals surface area contributed by atoms with Crippen molar-refractivity contribution >= 4 is 5.82 Å².